The molecule has 1 unspecified atom stereocenters. The Hall–Kier alpha value is -0.650. The monoisotopic (exact) mass is 271 g/mol. The molecule has 0 radical (unpaired) electrons. The number of likely N-dealkylation sites (N-methyl/N-ethyl adjacent to an activating group) is 1. The van der Waals surface area contributed by atoms with E-state index >= 15 is 0 Å². The number of nitrogens with zero attached hydrogens (tertiary/aromatic N) is 2. The Morgan fingerprint density at radius 1 is 1.42 bits per heavy atom. The molecule has 0 aromatic carbocycles. The summed E-state index contributed by atoms with van der Waals surface area (Å²) in [6.45, 7) is 5.91. The standard InChI is InChI=1S/C14H29N3O2/c1-14(15-2,13(18)19-5)11-17-8-6-12(7-9-17)10-16(3)4/h12,15H,6-11H2,1-5H3. The van der Waals surface area contributed by atoms with Gasteiger partial charge in [0.1, 0.15) is 5.54 Å². The number of methoxy groups -OCH3 is 1. The maximum absolute atomic E-state index is 11.8. The Kier molecular flexibility index (Phi) is 6.23. The number of piperidine rings is 1. The van der Waals surface area contributed by atoms with Crippen LogP contribution in [0.25, 0.3) is 0 Å². The average Bonchev–Trinajstić information content (AvgIpc) is 2.39. The molecule has 19 heavy (non-hydrogen) atoms. The smallest absolute Gasteiger partial charge is 0.327 e. The summed E-state index contributed by atoms with van der Waals surface area (Å²) in [5, 5.41) is 3.10. The van der Waals surface area contributed by atoms with Crippen LogP contribution in [0, 0.1) is 5.92 Å². The molecule has 0 spiro atoms. The summed E-state index contributed by atoms with van der Waals surface area (Å²) in [6, 6.07) is 0. The molecule has 1 fully saturated rings. The number of likely N-dealkylation sites (tertiary alicyclic amines) is 1. The molecule has 1 N–H and O–H groups in total. The number of carbonyl (C=O) groups excluding carboxylic acids is 1. The Morgan fingerprint density at radius 2 is 2.00 bits per heavy atom. The molecule has 1 heterocycles. The van der Waals surface area contributed by atoms with Crippen LogP contribution in [-0.2, 0) is 9.53 Å². The fourth-order valence-electron chi connectivity index (χ4n) is 2.76. The average molecular weight is 271 g/mol. The molecule has 1 rings (SSSR count). The van der Waals surface area contributed by atoms with Gasteiger partial charge in [0.05, 0.1) is 7.11 Å². The van der Waals surface area contributed by atoms with Gasteiger partial charge in [-0.15, -0.1) is 0 Å². The van der Waals surface area contributed by atoms with Crippen molar-refractivity contribution in [3.05, 3.63) is 0 Å². The second-order valence-corrected chi connectivity index (χ2v) is 6.06. The summed E-state index contributed by atoms with van der Waals surface area (Å²) in [5.74, 6) is 0.593. The van der Waals surface area contributed by atoms with Gasteiger partial charge in [-0.25, -0.2) is 0 Å². The van der Waals surface area contributed by atoms with E-state index in [1.165, 1.54) is 20.0 Å². The van der Waals surface area contributed by atoms with Crippen molar-refractivity contribution in [2.45, 2.75) is 25.3 Å². The highest BCUT2D eigenvalue weighted by Crippen LogP contribution is 2.20. The molecule has 1 atom stereocenters. The van der Waals surface area contributed by atoms with Crippen LogP contribution in [0.4, 0.5) is 0 Å². The van der Waals surface area contributed by atoms with Crippen LogP contribution >= 0.6 is 0 Å². The molecule has 1 aliphatic heterocycles. The van der Waals surface area contributed by atoms with E-state index in [4.69, 9.17) is 4.74 Å². The zero-order valence-corrected chi connectivity index (χ0v) is 13.0. The number of carbonyl (C=O) groups is 1. The molecule has 1 aliphatic rings. The van der Waals surface area contributed by atoms with Crippen molar-refractivity contribution >= 4 is 5.97 Å². The molecular weight excluding hydrogens is 242 g/mol. The predicted molar refractivity (Wildman–Crippen MR) is 77.2 cm³/mol. The van der Waals surface area contributed by atoms with Gasteiger partial charge in [0.25, 0.3) is 0 Å². The van der Waals surface area contributed by atoms with E-state index in [0.29, 0.717) is 6.54 Å². The maximum Gasteiger partial charge on any atom is 0.327 e. The number of nitrogens with one attached hydrogen (secondary N) is 1. The minimum atomic E-state index is -0.608. The van der Waals surface area contributed by atoms with E-state index in [1.54, 1.807) is 0 Å². The largest absolute Gasteiger partial charge is 0.468 e. The van der Waals surface area contributed by atoms with Gasteiger partial charge in [-0.3, -0.25) is 4.79 Å². The van der Waals surface area contributed by atoms with E-state index in [1.807, 2.05) is 14.0 Å². The van der Waals surface area contributed by atoms with Crippen molar-refractivity contribution in [2.75, 3.05) is 54.4 Å². The Morgan fingerprint density at radius 3 is 2.42 bits per heavy atom. The quantitative estimate of drug-likeness (QED) is 0.709. The molecule has 0 aliphatic carbocycles. The van der Waals surface area contributed by atoms with Gasteiger partial charge >= 0.3 is 5.97 Å². The zero-order chi connectivity index (χ0) is 14.5. The summed E-state index contributed by atoms with van der Waals surface area (Å²) in [4.78, 5) is 16.4. The molecule has 112 valence electrons. The highest BCUT2D eigenvalue weighted by atomic mass is 16.5. The summed E-state index contributed by atoms with van der Waals surface area (Å²) in [5.41, 5.74) is -0.608. The third-order valence-electron chi connectivity index (χ3n) is 4.06. The topological polar surface area (TPSA) is 44.8 Å². The van der Waals surface area contributed by atoms with Gasteiger partial charge in [0.2, 0.25) is 0 Å². The Labute approximate surface area is 117 Å². The first kappa shape index (κ1) is 16.4. The second kappa shape index (κ2) is 7.22. The van der Waals surface area contributed by atoms with Crippen LogP contribution in [0.5, 0.6) is 0 Å². The lowest BCUT2D eigenvalue weighted by atomic mass is 9.94. The van der Waals surface area contributed by atoms with E-state index in [2.05, 4.69) is 29.2 Å². The first-order valence-electron chi connectivity index (χ1n) is 7.05. The van der Waals surface area contributed by atoms with Crippen molar-refractivity contribution in [1.82, 2.24) is 15.1 Å². The van der Waals surface area contributed by atoms with Gasteiger partial charge in [-0.2, -0.15) is 0 Å². The normalized spacial score (nSPS) is 21.4. The van der Waals surface area contributed by atoms with E-state index in [-0.39, 0.29) is 5.97 Å². The molecule has 0 amide bonds. The first-order chi connectivity index (χ1) is 8.91. The summed E-state index contributed by atoms with van der Waals surface area (Å²) >= 11 is 0. The minimum Gasteiger partial charge on any atom is -0.468 e. The number of hydrogen-bond acceptors (Lipinski definition) is 5. The molecule has 5 heteroatoms. The lowest BCUT2D eigenvalue weighted by Gasteiger charge is -2.38. The highest BCUT2D eigenvalue weighted by molar-refractivity contribution is 5.80. The molecule has 0 aromatic rings. The second-order valence-electron chi connectivity index (χ2n) is 6.06. The summed E-state index contributed by atoms with van der Waals surface area (Å²) in [7, 11) is 7.51. The van der Waals surface area contributed by atoms with E-state index in [0.717, 1.165) is 25.6 Å². The lowest BCUT2D eigenvalue weighted by Crippen LogP contribution is -2.57. The Balaban J connectivity index is 2.45. The number of rotatable bonds is 6. The van der Waals surface area contributed by atoms with Crippen molar-refractivity contribution in [3.8, 4) is 0 Å². The van der Waals surface area contributed by atoms with Crippen LogP contribution in [0.2, 0.25) is 0 Å². The fraction of sp³-hybridized carbons (Fsp3) is 0.929. The number of hydrogen-bond donors (Lipinski definition) is 1. The Bertz CT molecular complexity index is 288. The molecular formula is C14H29N3O2. The van der Waals surface area contributed by atoms with Gasteiger partial charge in [-0.1, -0.05) is 0 Å². The summed E-state index contributed by atoms with van der Waals surface area (Å²) < 4.78 is 4.89. The molecule has 1 saturated heterocycles. The fourth-order valence-corrected chi connectivity index (χ4v) is 2.76. The molecule has 0 aromatic heterocycles. The van der Waals surface area contributed by atoms with Crippen molar-refractivity contribution in [2.24, 2.45) is 5.92 Å². The minimum absolute atomic E-state index is 0.189. The third kappa shape index (κ3) is 4.75. The molecule has 5 nitrogen and oxygen atoms in total. The van der Waals surface area contributed by atoms with Crippen LogP contribution in [0.3, 0.4) is 0 Å². The third-order valence-corrected chi connectivity index (χ3v) is 4.06. The van der Waals surface area contributed by atoms with Gasteiger partial charge in [0, 0.05) is 13.1 Å². The lowest BCUT2D eigenvalue weighted by molar-refractivity contribution is -0.148. The van der Waals surface area contributed by atoms with Crippen molar-refractivity contribution in [1.29, 1.82) is 0 Å². The first-order valence-corrected chi connectivity index (χ1v) is 7.05. The number of ether oxygens (including phenoxy) is 1. The molecule has 0 saturated carbocycles. The van der Waals surface area contributed by atoms with Gasteiger partial charge in [-0.05, 0) is 59.9 Å². The highest BCUT2D eigenvalue weighted by Gasteiger charge is 2.35. The van der Waals surface area contributed by atoms with Crippen LogP contribution in [0.1, 0.15) is 19.8 Å². The molecule has 0 bridgehead atoms. The number of esters is 1. The summed E-state index contributed by atoms with van der Waals surface area (Å²) in [6.07, 6.45) is 2.41. The van der Waals surface area contributed by atoms with E-state index < -0.39 is 5.54 Å². The predicted octanol–water partition coefficient (Wildman–Crippen LogP) is 0.411. The SMILES string of the molecule is CNC(C)(CN1CCC(CN(C)C)CC1)C(=O)OC. The van der Waals surface area contributed by atoms with Crippen molar-refractivity contribution < 1.29 is 9.53 Å². The van der Waals surface area contributed by atoms with Gasteiger partial charge in [0.15, 0.2) is 0 Å². The zero-order valence-electron chi connectivity index (χ0n) is 13.0. The van der Waals surface area contributed by atoms with E-state index in [9.17, 15) is 4.79 Å². The van der Waals surface area contributed by atoms with Gasteiger partial charge < -0.3 is 19.9 Å². The van der Waals surface area contributed by atoms with Crippen LogP contribution in [0.15, 0.2) is 0 Å². The maximum atomic E-state index is 11.8. The van der Waals surface area contributed by atoms with Crippen LogP contribution in [-0.4, -0.2) is 75.7 Å². The van der Waals surface area contributed by atoms with Crippen LogP contribution < -0.4 is 5.32 Å². The van der Waals surface area contributed by atoms with Crippen molar-refractivity contribution in [3.63, 3.8) is 0 Å².